The molecule has 1 heterocycles. The lowest BCUT2D eigenvalue weighted by atomic mass is 10.3. The summed E-state index contributed by atoms with van der Waals surface area (Å²) in [6.07, 6.45) is 2.32. The van der Waals surface area contributed by atoms with E-state index in [2.05, 4.69) is 15.3 Å². The van der Waals surface area contributed by atoms with Crippen molar-refractivity contribution in [2.45, 2.75) is 25.7 Å². The normalized spacial score (nSPS) is 13.9. The van der Waals surface area contributed by atoms with Gasteiger partial charge >= 0.3 is 0 Å². The van der Waals surface area contributed by atoms with Gasteiger partial charge in [-0.3, -0.25) is 0 Å². The van der Waals surface area contributed by atoms with Crippen LogP contribution in [-0.4, -0.2) is 24.1 Å². The van der Waals surface area contributed by atoms with Gasteiger partial charge in [-0.05, 0) is 31.9 Å². The molecule has 0 unspecified atom stereocenters. The fourth-order valence-electron chi connectivity index (χ4n) is 2.16. The third-order valence-electron chi connectivity index (χ3n) is 3.55. The summed E-state index contributed by atoms with van der Waals surface area (Å²) >= 11 is 0. The molecule has 0 aliphatic heterocycles. The summed E-state index contributed by atoms with van der Waals surface area (Å²) in [7, 11) is 3.50. The monoisotopic (exact) mass is 285 g/mol. The molecule has 1 aromatic carbocycles. The summed E-state index contributed by atoms with van der Waals surface area (Å²) in [4.78, 5) is 9.14. The Kier molecular flexibility index (Phi) is 3.64. The standard InChI is InChI=1S/C16H19N3O2/c1-10-14(17-2)18-15(11-7-8-11)19-16(10)21-13-6-4-5-12(9-13)20-3/h4-6,9,11H,7-8H2,1-3H3,(H,17,18,19). The number of ether oxygens (including phenoxy) is 2. The van der Waals surface area contributed by atoms with Crippen LogP contribution in [-0.2, 0) is 0 Å². The molecule has 1 N–H and O–H groups in total. The molecule has 1 aliphatic rings. The molecule has 5 heteroatoms. The van der Waals surface area contributed by atoms with Crippen molar-refractivity contribution >= 4 is 5.82 Å². The Bertz CT molecular complexity index is 654. The highest BCUT2D eigenvalue weighted by Crippen LogP contribution is 2.40. The van der Waals surface area contributed by atoms with E-state index in [9.17, 15) is 0 Å². The molecule has 0 saturated heterocycles. The van der Waals surface area contributed by atoms with E-state index in [4.69, 9.17) is 9.47 Å². The predicted molar refractivity (Wildman–Crippen MR) is 81.4 cm³/mol. The smallest absolute Gasteiger partial charge is 0.227 e. The van der Waals surface area contributed by atoms with Crippen LogP contribution in [0.15, 0.2) is 24.3 Å². The van der Waals surface area contributed by atoms with Crippen LogP contribution in [0, 0.1) is 6.92 Å². The van der Waals surface area contributed by atoms with E-state index in [0.29, 0.717) is 17.5 Å². The van der Waals surface area contributed by atoms with E-state index in [1.165, 1.54) is 0 Å². The van der Waals surface area contributed by atoms with Gasteiger partial charge in [0, 0.05) is 19.0 Å². The third kappa shape index (κ3) is 2.91. The number of hydrogen-bond acceptors (Lipinski definition) is 5. The van der Waals surface area contributed by atoms with E-state index < -0.39 is 0 Å². The fourth-order valence-corrected chi connectivity index (χ4v) is 2.16. The summed E-state index contributed by atoms with van der Waals surface area (Å²) in [5.41, 5.74) is 0.907. The molecule has 0 radical (unpaired) electrons. The largest absolute Gasteiger partial charge is 0.497 e. The van der Waals surface area contributed by atoms with Crippen LogP contribution in [0.4, 0.5) is 5.82 Å². The van der Waals surface area contributed by atoms with E-state index in [1.54, 1.807) is 7.11 Å². The van der Waals surface area contributed by atoms with Crippen LogP contribution in [0.2, 0.25) is 0 Å². The number of nitrogens with zero attached hydrogens (tertiary/aromatic N) is 2. The van der Waals surface area contributed by atoms with Gasteiger partial charge in [0.2, 0.25) is 5.88 Å². The van der Waals surface area contributed by atoms with Crippen molar-refractivity contribution < 1.29 is 9.47 Å². The second-order valence-corrected chi connectivity index (χ2v) is 5.17. The lowest BCUT2D eigenvalue weighted by molar-refractivity contribution is 0.406. The molecule has 5 nitrogen and oxygen atoms in total. The topological polar surface area (TPSA) is 56.3 Å². The number of aromatic nitrogens is 2. The van der Waals surface area contributed by atoms with Crippen LogP contribution >= 0.6 is 0 Å². The van der Waals surface area contributed by atoms with Crippen molar-refractivity contribution in [3.8, 4) is 17.4 Å². The average Bonchev–Trinajstić information content (AvgIpc) is 3.34. The summed E-state index contributed by atoms with van der Waals surface area (Å²) in [5, 5.41) is 3.11. The Morgan fingerprint density at radius 2 is 1.95 bits per heavy atom. The minimum Gasteiger partial charge on any atom is -0.497 e. The van der Waals surface area contributed by atoms with Crippen molar-refractivity contribution in [3.63, 3.8) is 0 Å². The molecule has 0 amide bonds. The molecule has 1 saturated carbocycles. The number of nitrogens with one attached hydrogen (secondary N) is 1. The first-order chi connectivity index (χ1) is 10.2. The summed E-state index contributed by atoms with van der Waals surface area (Å²) < 4.78 is 11.2. The van der Waals surface area contributed by atoms with Gasteiger partial charge < -0.3 is 14.8 Å². The maximum atomic E-state index is 5.94. The molecule has 2 aromatic rings. The number of rotatable bonds is 5. The number of anilines is 1. The summed E-state index contributed by atoms with van der Waals surface area (Å²) in [6, 6.07) is 7.51. The van der Waals surface area contributed by atoms with E-state index in [0.717, 1.165) is 35.8 Å². The van der Waals surface area contributed by atoms with Crippen molar-refractivity contribution in [1.29, 1.82) is 0 Å². The van der Waals surface area contributed by atoms with Gasteiger partial charge in [-0.15, -0.1) is 0 Å². The maximum absolute atomic E-state index is 5.94. The van der Waals surface area contributed by atoms with Crippen molar-refractivity contribution in [2.75, 3.05) is 19.5 Å². The van der Waals surface area contributed by atoms with Gasteiger partial charge in [0.25, 0.3) is 0 Å². The van der Waals surface area contributed by atoms with Crippen LogP contribution in [0.3, 0.4) is 0 Å². The molecule has 0 spiro atoms. The predicted octanol–water partition coefficient (Wildman–Crippen LogP) is 3.51. The molecule has 1 aromatic heterocycles. The molecule has 0 atom stereocenters. The lowest BCUT2D eigenvalue weighted by Gasteiger charge is -2.13. The molecule has 1 fully saturated rings. The molecule has 3 rings (SSSR count). The molecule has 110 valence electrons. The average molecular weight is 285 g/mol. The second kappa shape index (κ2) is 5.60. The summed E-state index contributed by atoms with van der Waals surface area (Å²) in [5.74, 6) is 4.23. The van der Waals surface area contributed by atoms with Crippen molar-refractivity contribution in [2.24, 2.45) is 0 Å². The van der Waals surface area contributed by atoms with Gasteiger partial charge in [0.05, 0.1) is 12.7 Å². The van der Waals surface area contributed by atoms with Crippen LogP contribution in [0.5, 0.6) is 17.4 Å². The van der Waals surface area contributed by atoms with E-state index in [1.807, 2.05) is 38.2 Å². The van der Waals surface area contributed by atoms with Crippen LogP contribution < -0.4 is 14.8 Å². The van der Waals surface area contributed by atoms with Gasteiger partial charge in [0.1, 0.15) is 23.1 Å². The minimum absolute atomic E-state index is 0.477. The maximum Gasteiger partial charge on any atom is 0.227 e. The van der Waals surface area contributed by atoms with Crippen LogP contribution in [0.25, 0.3) is 0 Å². The molecular formula is C16H19N3O2. The number of hydrogen-bond donors (Lipinski definition) is 1. The molecule has 0 bridgehead atoms. The fraction of sp³-hybridized carbons (Fsp3) is 0.375. The number of methoxy groups -OCH3 is 1. The first kappa shape index (κ1) is 13.7. The quantitative estimate of drug-likeness (QED) is 0.911. The Morgan fingerprint density at radius 3 is 2.62 bits per heavy atom. The Hall–Kier alpha value is -2.30. The minimum atomic E-state index is 0.477. The van der Waals surface area contributed by atoms with Gasteiger partial charge in [-0.1, -0.05) is 6.07 Å². The first-order valence-corrected chi connectivity index (χ1v) is 7.09. The van der Waals surface area contributed by atoms with Gasteiger partial charge in [-0.25, -0.2) is 4.98 Å². The highest BCUT2D eigenvalue weighted by atomic mass is 16.5. The lowest BCUT2D eigenvalue weighted by Crippen LogP contribution is -2.04. The molecular weight excluding hydrogens is 266 g/mol. The molecule has 1 aliphatic carbocycles. The van der Waals surface area contributed by atoms with Gasteiger partial charge in [0.15, 0.2) is 0 Å². The zero-order valence-electron chi connectivity index (χ0n) is 12.5. The SMILES string of the molecule is CNc1nc(C2CC2)nc(Oc2cccc(OC)c2)c1C. The van der Waals surface area contributed by atoms with Crippen LogP contribution in [0.1, 0.15) is 30.1 Å². The highest BCUT2D eigenvalue weighted by Gasteiger charge is 2.28. The van der Waals surface area contributed by atoms with E-state index >= 15 is 0 Å². The number of benzene rings is 1. The first-order valence-electron chi connectivity index (χ1n) is 7.09. The zero-order chi connectivity index (χ0) is 14.8. The van der Waals surface area contributed by atoms with Crippen molar-refractivity contribution in [3.05, 3.63) is 35.7 Å². The Balaban J connectivity index is 1.94. The second-order valence-electron chi connectivity index (χ2n) is 5.17. The van der Waals surface area contributed by atoms with E-state index in [-0.39, 0.29) is 0 Å². The van der Waals surface area contributed by atoms with Crippen molar-refractivity contribution in [1.82, 2.24) is 9.97 Å². The zero-order valence-corrected chi connectivity index (χ0v) is 12.5. The van der Waals surface area contributed by atoms with Gasteiger partial charge in [-0.2, -0.15) is 4.98 Å². The Labute approximate surface area is 124 Å². The Morgan fingerprint density at radius 1 is 1.19 bits per heavy atom. The molecule has 21 heavy (non-hydrogen) atoms. The summed E-state index contributed by atoms with van der Waals surface area (Å²) in [6.45, 7) is 1.96. The third-order valence-corrected chi connectivity index (χ3v) is 3.55. The highest BCUT2D eigenvalue weighted by molar-refractivity contribution is 5.50.